The van der Waals surface area contributed by atoms with Gasteiger partial charge in [-0.25, -0.2) is 0 Å². The number of carbonyl (C=O) groups excluding carboxylic acids is 1. The van der Waals surface area contributed by atoms with Gasteiger partial charge in [0.05, 0.1) is 5.41 Å². The summed E-state index contributed by atoms with van der Waals surface area (Å²) in [5.74, 6) is 0.368. The lowest BCUT2D eigenvalue weighted by molar-refractivity contribution is -0.143. The van der Waals surface area contributed by atoms with Crippen molar-refractivity contribution in [2.24, 2.45) is 5.41 Å². The molecule has 3 nitrogen and oxygen atoms in total. The number of nitrogens with zero attached hydrogens (tertiary/aromatic N) is 2. The lowest BCUT2D eigenvalue weighted by atomic mass is 9.78. The Kier molecular flexibility index (Phi) is 1.65. The summed E-state index contributed by atoms with van der Waals surface area (Å²) in [4.78, 5) is 15.9. The maximum atomic E-state index is 11.7. The fourth-order valence-corrected chi connectivity index (χ4v) is 2.32. The summed E-state index contributed by atoms with van der Waals surface area (Å²) in [6.45, 7) is 6.17. The minimum atomic E-state index is 0.0325. The maximum absolute atomic E-state index is 11.7. The third-order valence-corrected chi connectivity index (χ3v) is 3.23. The molecule has 0 saturated carbocycles. The first-order chi connectivity index (χ1) is 5.68. The molecule has 0 radical (unpaired) electrons. The lowest BCUT2D eigenvalue weighted by Gasteiger charge is -2.45. The Morgan fingerprint density at radius 1 is 1.50 bits per heavy atom. The second-order valence-corrected chi connectivity index (χ2v) is 4.06. The van der Waals surface area contributed by atoms with Crippen molar-refractivity contribution >= 4 is 5.91 Å². The van der Waals surface area contributed by atoms with Gasteiger partial charge in [0.15, 0.2) is 0 Å². The Labute approximate surface area is 73.3 Å². The molecular formula is C9H16N2O. The first-order valence-electron chi connectivity index (χ1n) is 4.66. The summed E-state index contributed by atoms with van der Waals surface area (Å²) in [7, 11) is 1.91. The van der Waals surface area contributed by atoms with Crippen LogP contribution in [0.25, 0.3) is 0 Å². The van der Waals surface area contributed by atoms with Crippen LogP contribution in [0.2, 0.25) is 0 Å². The van der Waals surface area contributed by atoms with E-state index in [1.807, 2.05) is 11.9 Å². The Balaban J connectivity index is 2.02. The molecule has 1 amide bonds. The summed E-state index contributed by atoms with van der Waals surface area (Å²) in [5, 5.41) is 0. The number of likely N-dealkylation sites (tertiary alicyclic amines) is 2. The van der Waals surface area contributed by atoms with Gasteiger partial charge in [-0.3, -0.25) is 4.79 Å². The molecule has 0 aromatic carbocycles. The minimum Gasteiger partial charge on any atom is -0.345 e. The van der Waals surface area contributed by atoms with Gasteiger partial charge in [0, 0.05) is 26.7 Å². The molecule has 12 heavy (non-hydrogen) atoms. The Bertz CT molecular complexity index is 209. The molecule has 0 aromatic rings. The van der Waals surface area contributed by atoms with Crippen molar-refractivity contribution in [3.63, 3.8) is 0 Å². The summed E-state index contributed by atoms with van der Waals surface area (Å²) in [6.07, 6.45) is 1.07. The fraction of sp³-hybridized carbons (Fsp3) is 0.889. The standard InChI is InChI=1S/C9H16N2O/c1-3-11-6-9(7-11)4-5-10(2)8(9)12/h3-7H2,1-2H3. The Hall–Kier alpha value is -0.570. The van der Waals surface area contributed by atoms with Crippen molar-refractivity contribution in [1.82, 2.24) is 9.80 Å². The molecule has 0 N–H and O–H groups in total. The second-order valence-electron chi connectivity index (χ2n) is 4.06. The molecule has 2 rings (SSSR count). The van der Waals surface area contributed by atoms with Crippen molar-refractivity contribution in [1.29, 1.82) is 0 Å². The molecule has 2 aliphatic heterocycles. The Morgan fingerprint density at radius 2 is 2.17 bits per heavy atom. The molecule has 1 spiro atoms. The van der Waals surface area contributed by atoms with Crippen molar-refractivity contribution < 1.29 is 4.79 Å². The van der Waals surface area contributed by atoms with Gasteiger partial charge in [-0.2, -0.15) is 0 Å². The molecule has 0 aliphatic carbocycles. The molecule has 2 fully saturated rings. The summed E-state index contributed by atoms with van der Waals surface area (Å²) in [6, 6.07) is 0. The molecule has 0 atom stereocenters. The molecular weight excluding hydrogens is 152 g/mol. The van der Waals surface area contributed by atoms with E-state index >= 15 is 0 Å². The van der Waals surface area contributed by atoms with Crippen LogP contribution in [0.5, 0.6) is 0 Å². The first kappa shape index (κ1) is 8.05. The smallest absolute Gasteiger partial charge is 0.231 e. The van der Waals surface area contributed by atoms with E-state index in [0.29, 0.717) is 5.91 Å². The summed E-state index contributed by atoms with van der Waals surface area (Å²) < 4.78 is 0. The molecule has 0 aromatic heterocycles. The molecule has 2 saturated heterocycles. The van der Waals surface area contributed by atoms with Gasteiger partial charge < -0.3 is 9.80 Å². The van der Waals surface area contributed by atoms with Crippen molar-refractivity contribution in [2.75, 3.05) is 33.2 Å². The van der Waals surface area contributed by atoms with E-state index in [1.165, 1.54) is 0 Å². The van der Waals surface area contributed by atoms with Crippen LogP contribution in [0.1, 0.15) is 13.3 Å². The topological polar surface area (TPSA) is 23.6 Å². The van der Waals surface area contributed by atoms with Crippen LogP contribution >= 0.6 is 0 Å². The van der Waals surface area contributed by atoms with Gasteiger partial charge in [-0.1, -0.05) is 6.92 Å². The zero-order chi connectivity index (χ0) is 8.77. The van der Waals surface area contributed by atoms with Crippen LogP contribution in [-0.4, -0.2) is 48.9 Å². The molecule has 0 bridgehead atoms. The van der Waals surface area contributed by atoms with Crippen molar-refractivity contribution in [3.05, 3.63) is 0 Å². The number of carbonyl (C=O) groups is 1. The quantitative estimate of drug-likeness (QED) is 0.557. The predicted octanol–water partition coefficient (Wildman–Crippen LogP) is 0.170. The fourth-order valence-electron chi connectivity index (χ4n) is 2.32. The van der Waals surface area contributed by atoms with Gasteiger partial charge in [0.2, 0.25) is 5.91 Å². The largest absolute Gasteiger partial charge is 0.345 e. The summed E-state index contributed by atoms with van der Waals surface area (Å²) >= 11 is 0. The van der Waals surface area contributed by atoms with E-state index in [4.69, 9.17) is 0 Å². The van der Waals surface area contributed by atoms with E-state index in [0.717, 1.165) is 32.6 Å². The van der Waals surface area contributed by atoms with Crippen LogP contribution in [0.4, 0.5) is 0 Å². The average Bonchev–Trinajstić information content (AvgIpc) is 2.27. The van der Waals surface area contributed by atoms with Crippen LogP contribution in [0.3, 0.4) is 0 Å². The first-order valence-corrected chi connectivity index (χ1v) is 4.66. The van der Waals surface area contributed by atoms with Gasteiger partial charge in [0.1, 0.15) is 0 Å². The van der Waals surface area contributed by atoms with Crippen molar-refractivity contribution in [2.45, 2.75) is 13.3 Å². The maximum Gasteiger partial charge on any atom is 0.231 e. The zero-order valence-electron chi connectivity index (χ0n) is 7.84. The number of hydrogen-bond acceptors (Lipinski definition) is 2. The van der Waals surface area contributed by atoms with Gasteiger partial charge in [-0.15, -0.1) is 0 Å². The molecule has 2 aliphatic rings. The van der Waals surface area contributed by atoms with E-state index in [2.05, 4.69) is 11.8 Å². The van der Waals surface area contributed by atoms with Crippen LogP contribution in [-0.2, 0) is 4.79 Å². The predicted molar refractivity (Wildman–Crippen MR) is 46.8 cm³/mol. The third kappa shape index (κ3) is 0.891. The van der Waals surface area contributed by atoms with Crippen LogP contribution < -0.4 is 0 Å². The highest BCUT2D eigenvalue weighted by Gasteiger charge is 2.52. The zero-order valence-corrected chi connectivity index (χ0v) is 7.84. The number of rotatable bonds is 1. The highest BCUT2D eigenvalue weighted by molar-refractivity contribution is 5.86. The number of hydrogen-bond donors (Lipinski definition) is 0. The molecule has 0 unspecified atom stereocenters. The molecule has 2 heterocycles. The van der Waals surface area contributed by atoms with Crippen LogP contribution in [0.15, 0.2) is 0 Å². The SMILES string of the molecule is CCN1CC2(CCN(C)C2=O)C1. The Morgan fingerprint density at radius 3 is 2.58 bits per heavy atom. The second kappa shape index (κ2) is 2.46. The molecule has 3 heteroatoms. The van der Waals surface area contributed by atoms with Gasteiger partial charge in [-0.05, 0) is 13.0 Å². The lowest BCUT2D eigenvalue weighted by Crippen LogP contribution is -2.59. The van der Waals surface area contributed by atoms with E-state index in [9.17, 15) is 4.79 Å². The highest BCUT2D eigenvalue weighted by Crippen LogP contribution is 2.39. The van der Waals surface area contributed by atoms with E-state index in [-0.39, 0.29) is 5.41 Å². The van der Waals surface area contributed by atoms with Crippen molar-refractivity contribution in [3.8, 4) is 0 Å². The van der Waals surface area contributed by atoms with Gasteiger partial charge >= 0.3 is 0 Å². The van der Waals surface area contributed by atoms with Gasteiger partial charge in [0.25, 0.3) is 0 Å². The normalized spacial score (nSPS) is 28.2. The highest BCUT2D eigenvalue weighted by atomic mass is 16.2. The average molecular weight is 168 g/mol. The van der Waals surface area contributed by atoms with Crippen LogP contribution in [0, 0.1) is 5.41 Å². The summed E-state index contributed by atoms with van der Waals surface area (Å²) in [5.41, 5.74) is 0.0325. The molecule has 68 valence electrons. The third-order valence-electron chi connectivity index (χ3n) is 3.23. The van der Waals surface area contributed by atoms with E-state index < -0.39 is 0 Å². The monoisotopic (exact) mass is 168 g/mol. The number of amides is 1. The van der Waals surface area contributed by atoms with E-state index in [1.54, 1.807) is 0 Å². The minimum absolute atomic E-state index is 0.0325.